The van der Waals surface area contributed by atoms with Crippen LogP contribution >= 0.6 is 0 Å². The maximum Gasteiger partial charge on any atom is 0.223 e. The fraction of sp³-hybridized carbons (Fsp3) is 0.867. The van der Waals surface area contributed by atoms with E-state index in [0.29, 0.717) is 12.8 Å². The van der Waals surface area contributed by atoms with Crippen LogP contribution in [0.3, 0.4) is 0 Å². The molecular weight excluding hydrogens is 240 g/mol. The predicted octanol–water partition coefficient (Wildman–Crippen LogP) is 2.33. The molecular formula is C15H28N2O2. The van der Waals surface area contributed by atoms with Crippen LogP contribution in [0.1, 0.15) is 59.8 Å². The number of amides is 2. The Morgan fingerprint density at radius 3 is 2.26 bits per heavy atom. The minimum absolute atomic E-state index is 0.0449. The number of likely N-dealkylation sites (tertiary alicyclic amines) is 1. The smallest absolute Gasteiger partial charge is 0.223 e. The van der Waals surface area contributed by atoms with E-state index in [4.69, 9.17) is 0 Å². The van der Waals surface area contributed by atoms with E-state index in [1.54, 1.807) is 0 Å². The summed E-state index contributed by atoms with van der Waals surface area (Å²) in [6, 6.07) is 0.248. The van der Waals surface area contributed by atoms with E-state index in [1.165, 1.54) is 0 Å². The summed E-state index contributed by atoms with van der Waals surface area (Å²) < 4.78 is 0. The molecule has 0 aromatic carbocycles. The lowest BCUT2D eigenvalue weighted by atomic mass is 9.91. The van der Waals surface area contributed by atoms with Crippen molar-refractivity contribution in [2.45, 2.75) is 65.8 Å². The molecule has 1 rings (SSSR count). The van der Waals surface area contributed by atoms with Crippen molar-refractivity contribution in [2.24, 2.45) is 5.41 Å². The average molecular weight is 268 g/mol. The van der Waals surface area contributed by atoms with Crippen molar-refractivity contribution < 1.29 is 9.59 Å². The van der Waals surface area contributed by atoms with Crippen LogP contribution < -0.4 is 5.32 Å². The molecule has 1 heterocycles. The number of hydrogen-bond acceptors (Lipinski definition) is 2. The van der Waals surface area contributed by atoms with Gasteiger partial charge in [0.1, 0.15) is 0 Å². The summed E-state index contributed by atoms with van der Waals surface area (Å²) in [4.78, 5) is 25.5. The first-order valence-corrected chi connectivity index (χ1v) is 7.39. The highest BCUT2D eigenvalue weighted by Crippen LogP contribution is 2.21. The second-order valence-corrected chi connectivity index (χ2v) is 6.71. The van der Waals surface area contributed by atoms with Crippen molar-refractivity contribution in [3.8, 4) is 0 Å². The molecule has 19 heavy (non-hydrogen) atoms. The van der Waals surface area contributed by atoms with Crippen LogP contribution in [-0.4, -0.2) is 35.8 Å². The Hall–Kier alpha value is -1.06. The Labute approximate surface area is 116 Å². The Morgan fingerprint density at radius 1 is 1.21 bits per heavy atom. The highest BCUT2D eigenvalue weighted by atomic mass is 16.2. The summed E-state index contributed by atoms with van der Waals surface area (Å²) in [6.07, 6.45) is 3.84. The highest BCUT2D eigenvalue weighted by Gasteiger charge is 2.26. The van der Waals surface area contributed by atoms with Gasteiger partial charge in [0.25, 0.3) is 0 Å². The third kappa shape index (κ3) is 6.08. The van der Waals surface area contributed by atoms with Crippen molar-refractivity contribution in [2.75, 3.05) is 13.1 Å². The molecule has 0 unspecified atom stereocenters. The zero-order valence-electron chi connectivity index (χ0n) is 12.8. The lowest BCUT2D eigenvalue weighted by molar-refractivity contribution is -0.134. The average Bonchev–Trinajstić information content (AvgIpc) is 2.27. The van der Waals surface area contributed by atoms with Gasteiger partial charge in [-0.3, -0.25) is 9.59 Å². The fourth-order valence-corrected chi connectivity index (χ4v) is 2.37. The van der Waals surface area contributed by atoms with Crippen LogP contribution in [-0.2, 0) is 9.59 Å². The minimum atomic E-state index is 0.0449. The van der Waals surface area contributed by atoms with E-state index in [1.807, 2.05) is 11.8 Å². The number of nitrogens with one attached hydrogen (secondary N) is 1. The summed E-state index contributed by atoms with van der Waals surface area (Å²) in [6.45, 7) is 9.80. The molecule has 0 aliphatic carbocycles. The van der Waals surface area contributed by atoms with Crippen molar-refractivity contribution in [3.63, 3.8) is 0 Å². The van der Waals surface area contributed by atoms with Gasteiger partial charge >= 0.3 is 0 Å². The van der Waals surface area contributed by atoms with Crippen molar-refractivity contribution in [1.29, 1.82) is 0 Å². The molecule has 0 radical (unpaired) electrons. The van der Waals surface area contributed by atoms with Crippen molar-refractivity contribution in [1.82, 2.24) is 10.2 Å². The number of rotatable bonds is 4. The van der Waals surface area contributed by atoms with Gasteiger partial charge in [-0.1, -0.05) is 27.7 Å². The van der Waals surface area contributed by atoms with Gasteiger partial charge in [-0.2, -0.15) is 0 Å². The second-order valence-electron chi connectivity index (χ2n) is 6.71. The van der Waals surface area contributed by atoms with Crippen molar-refractivity contribution in [3.05, 3.63) is 0 Å². The Balaban J connectivity index is 2.32. The molecule has 1 saturated heterocycles. The zero-order valence-corrected chi connectivity index (χ0v) is 12.8. The molecule has 2 amide bonds. The van der Waals surface area contributed by atoms with Gasteiger partial charge in [-0.15, -0.1) is 0 Å². The number of carbonyl (C=O) groups is 2. The van der Waals surface area contributed by atoms with Crippen LogP contribution in [0.4, 0.5) is 0 Å². The number of nitrogens with zero attached hydrogens (tertiary/aromatic N) is 1. The summed E-state index contributed by atoms with van der Waals surface area (Å²) in [5.41, 5.74) is 0.0449. The minimum Gasteiger partial charge on any atom is -0.353 e. The van der Waals surface area contributed by atoms with E-state index in [2.05, 4.69) is 26.1 Å². The third-order valence-corrected chi connectivity index (χ3v) is 3.37. The molecule has 0 spiro atoms. The number of piperidine rings is 1. The molecule has 4 nitrogen and oxygen atoms in total. The van der Waals surface area contributed by atoms with E-state index < -0.39 is 0 Å². The maximum absolute atomic E-state index is 12.1. The quantitative estimate of drug-likeness (QED) is 0.850. The monoisotopic (exact) mass is 268 g/mol. The Kier molecular flexibility index (Phi) is 5.83. The Bertz CT molecular complexity index is 313. The molecule has 1 fully saturated rings. The van der Waals surface area contributed by atoms with Gasteiger partial charge in [0.05, 0.1) is 0 Å². The Morgan fingerprint density at radius 2 is 1.79 bits per heavy atom. The van der Waals surface area contributed by atoms with Crippen LogP contribution in [0, 0.1) is 5.41 Å². The van der Waals surface area contributed by atoms with E-state index in [-0.39, 0.29) is 23.3 Å². The van der Waals surface area contributed by atoms with Crippen LogP contribution in [0.2, 0.25) is 0 Å². The van der Waals surface area contributed by atoms with Crippen LogP contribution in [0.25, 0.3) is 0 Å². The predicted molar refractivity (Wildman–Crippen MR) is 76.7 cm³/mol. The SMILES string of the molecule is CCCC(=O)NC1CCN(C(=O)CC(C)(C)C)CC1. The van der Waals surface area contributed by atoms with Crippen LogP contribution in [0.15, 0.2) is 0 Å². The van der Waals surface area contributed by atoms with E-state index >= 15 is 0 Å². The number of carbonyl (C=O) groups excluding carboxylic acids is 2. The molecule has 0 saturated carbocycles. The second kappa shape index (κ2) is 6.92. The van der Waals surface area contributed by atoms with Crippen molar-refractivity contribution >= 4 is 11.8 Å². The molecule has 0 aromatic heterocycles. The third-order valence-electron chi connectivity index (χ3n) is 3.37. The van der Waals surface area contributed by atoms with Gasteiger partial charge in [-0.05, 0) is 24.7 Å². The van der Waals surface area contributed by atoms with E-state index in [0.717, 1.165) is 32.4 Å². The van der Waals surface area contributed by atoms with Gasteiger partial charge in [-0.25, -0.2) is 0 Å². The largest absolute Gasteiger partial charge is 0.353 e. The normalized spacial score (nSPS) is 17.4. The van der Waals surface area contributed by atoms with E-state index in [9.17, 15) is 9.59 Å². The standard InChI is InChI=1S/C15H28N2O2/c1-5-6-13(18)16-12-7-9-17(10-8-12)14(19)11-15(2,3)4/h12H,5-11H2,1-4H3,(H,16,18). The van der Waals surface area contributed by atoms with Gasteiger partial charge in [0.2, 0.25) is 11.8 Å². The molecule has 1 N–H and O–H groups in total. The molecule has 0 atom stereocenters. The summed E-state index contributed by atoms with van der Waals surface area (Å²) in [7, 11) is 0. The first kappa shape index (κ1) is 16.0. The first-order valence-electron chi connectivity index (χ1n) is 7.39. The number of hydrogen-bond donors (Lipinski definition) is 1. The molecule has 1 aliphatic rings. The lowest BCUT2D eigenvalue weighted by Crippen LogP contribution is -2.47. The van der Waals surface area contributed by atoms with Crippen LogP contribution in [0.5, 0.6) is 0 Å². The van der Waals surface area contributed by atoms with Gasteiger partial charge in [0.15, 0.2) is 0 Å². The molecule has 0 bridgehead atoms. The summed E-state index contributed by atoms with van der Waals surface area (Å²) in [5, 5.41) is 3.05. The topological polar surface area (TPSA) is 49.4 Å². The zero-order chi connectivity index (χ0) is 14.5. The highest BCUT2D eigenvalue weighted by molar-refractivity contribution is 5.77. The maximum atomic E-state index is 12.1. The molecule has 1 aliphatic heterocycles. The molecule has 0 aromatic rings. The fourth-order valence-electron chi connectivity index (χ4n) is 2.37. The summed E-state index contributed by atoms with van der Waals surface area (Å²) in [5.74, 6) is 0.382. The summed E-state index contributed by atoms with van der Waals surface area (Å²) >= 11 is 0. The lowest BCUT2D eigenvalue weighted by Gasteiger charge is -2.34. The van der Waals surface area contributed by atoms with Gasteiger partial charge in [0, 0.05) is 32.0 Å². The first-order chi connectivity index (χ1) is 8.81. The van der Waals surface area contributed by atoms with Gasteiger partial charge < -0.3 is 10.2 Å². The molecule has 4 heteroatoms. The molecule has 110 valence electrons.